The summed E-state index contributed by atoms with van der Waals surface area (Å²) >= 11 is 0. The zero-order valence-electron chi connectivity index (χ0n) is 16.7. The highest BCUT2D eigenvalue weighted by Gasteiger charge is 2.32. The molecule has 3 rings (SSSR count). The molecular weight excluding hydrogens is 372 g/mol. The smallest absolute Gasteiger partial charge is 0.243 e. The number of nitrogens with one attached hydrogen (secondary N) is 1. The molecule has 0 spiro atoms. The van der Waals surface area contributed by atoms with Gasteiger partial charge in [0.1, 0.15) is 0 Å². The molecule has 0 unspecified atom stereocenters. The summed E-state index contributed by atoms with van der Waals surface area (Å²) in [5, 5.41) is 3.02. The number of carbonyl (C=O) groups is 1. The van der Waals surface area contributed by atoms with Gasteiger partial charge in [-0.25, -0.2) is 8.42 Å². The van der Waals surface area contributed by atoms with Gasteiger partial charge in [0.25, 0.3) is 0 Å². The molecule has 1 heterocycles. The quantitative estimate of drug-likeness (QED) is 0.828. The molecule has 0 aliphatic carbocycles. The van der Waals surface area contributed by atoms with E-state index in [-0.39, 0.29) is 11.8 Å². The predicted octanol–water partition coefficient (Wildman–Crippen LogP) is 3.91. The summed E-state index contributed by atoms with van der Waals surface area (Å²) < 4.78 is 27.5. The van der Waals surface area contributed by atoms with Crippen molar-refractivity contribution in [2.75, 3.05) is 18.4 Å². The molecule has 0 saturated carbocycles. The van der Waals surface area contributed by atoms with Crippen LogP contribution in [0.3, 0.4) is 0 Å². The van der Waals surface area contributed by atoms with Crippen molar-refractivity contribution in [3.05, 3.63) is 59.2 Å². The number of piperidine rings is 1. The highest BCUT2D eigenvalue weighted by molar-refractivity contribution is 7.89. The SMILES string of the molecule is CCc1ccccc1NC(=O)C1CCN(S(=O)(=O)c2ccc(C)cc2C)CC1. The highest BCUT2D eigenvalue weighted by atomic mass is 32.2. The van der Waals surface area contributed by atoms with E-state index >= 15 is 0 Å². The number of rotatable bonds is 5. The second-order valence-electron chi connectivity index (χ2n) is 7.45. The highest BCUT2D eigenvalue weighted by Crippen LogP contribution is 2.27. The third kappa shape index (κ3) is 4.28. The van der Waals surface area contributed by atoms with Crippen molar-refractivity contribution < 1.29 is 13.2 Å². The van der Waals surface area contributed by atoms with Gasteiger partial charge in [0.2, 0.25) is 15.9 Å². The first kappa shape index (κ1) is 20.6. The van der Waals surface area contributed by atoms with E-state index in [1.807, 2.05) is 50.2 Å². The topological polar surface area (TPSA) is 66.5 Å². The standard InChI is InChI=1S/C22H28N2O3S/c1-4-18-7-5-6-8-20(18)23-22(25)19-11-13-24(14-12-19)28(26,27)21-10-9-16(2)15-17(21)3/h5-10,15,19H,4,11-14H2,1-3H3,(H,23,25). The number of benzene rings is 2. The van der Waals surface area contributed by atoms with Crippen molar-refractivity contribution in [3.63, 3.8) is 0 Å². The molecule has 28 heavy (non-hydrogen) atoms. The summed E-state index contributed by atoms with van der Waals surface area (Å²) in [7, 11) is -3.53. The lowest BCUT2D eigenvalue weighted by molar-refractivity contribution is -0.120. The molecule has 1 aliphatic heterocycles. The van der Waals surface area contributed by atoms with Crippen LogP contribution in [-0.2, 0) is 21.2 Å². The summed E-state index contributed by atoms with van der Waals surface area (Å²) in [5.74, 6) is -0.194. The molecule has 0 bridgehead atoms. The molecule has 5 nitrogen and oxygen atoms in total. The molecule has 1 amide bonds. The molecule has 6 heteroatoms. The van der Waals surface area contributed by atoms with Gasteiger partial charge in [0.15, 0.2) is 0 Å². The molecule has 1 saturated heterocycles. The van der Waals surface area contributed by atoms with Crippen LogP contribution in [0.25, 0.3) is 0 Å². The van der Waals surface area contributed by atoms with Gasteiger partial charge in [-0.05, 0) is 56.4 Å². The first-order chi connectivity index (χ1) is 13.3. The Hall–Kier alpha value is -2.18. The van der Waals surface area contributed by atoms with Gasteiger partial charge in [0.05, 0.1) is 4.90 Å². The summed E-state index contributed by atoms with van der Waals surface area (Å²) in [6.07, 6.45) is 1.91. The normalized spacial score (nSPS) is 16.1. The lowest BCUT2D eigenvalue weighted by Crippen LogP contribution is -2.41. The van der Waals surface area contributed by atoms with Crippen molar-refractivity contribution in [3.8, 4) is 0 Å². The van der Waals surface area contributed by atoms with Crippen LogP contribution in [0.15, 0.2) is 47.4 Å². The fraction of sp³-hybridized carbons (Fsp3) is 0.409. The number of hydrogen-bond acceptors (Lipinski definition) is 3. The Morgan fingerprint density at radius 2 is 1.79 bits per heavy atom. The maximum atomic E-state index is 13.0. The van der Waals surface area contributed by atoms with Gasteiger partial charge < -0.3 is 5.32 Å². The van der Waals surface area contributed by atoms with Crippen molar-refractivity contribution in [2.24, 2.45) is 5.92 Å². The van der Waals surface area contributed by atoms with Crippen LogP contribution >= 0.6 is 0 Å². The van der Waals surface area contributed by atoms with Gasteiger partial charge >= 0.3 is 0 Å². The van der Waals surface area contributed by atoms with E-state index in [1.165, 1.54) is 4.31 Å². The Kier molecular flexibility index (Phi) is 6.20. The van der Waals surface area contributed by atoms with Crippen molar-refractivity contribution in [2.45, 2.75) is 44.9 Å². The van der Waals surface area contributed by atoms with E-state index in [4.69, 9.17) is 0 Å². The third-order valence-corrected chi connectivity index (χ3v) is 7.49. The maximum absolute atomic E-state index is 13.0. The fourth-order valence-electron chi connectivity index (χ4n) is 3.77. The molecule has 0 radical (unpaired) electrons. The second-order valence-corrected chi connectivity index (χ2v) is 9.35. The second kappa shape index (κ2) is 8.45. The molecular formula is C22H28N2O3S. The minimum Gasteiger partial charge on any atom is -0.326 e. The first-order valence-electron chi connectivity index (χ1n) is 9.79. The van der Waals surface area contributed by atoms with Gasteiger partial charge in [-0.3, -0.25) is 4.79 Å². The van der Waals surface area contributed by atoms with E-state index in [1.54, 1.807) is 6.07 Å². The molecule has 2 aromatic carbocycles. The van der Waals surface area contributed by atoms with Crippen LogP contribution in [0, 0.1) is 19.8 Å². The van der Waals surface area contributed by atoms with Crippen LogP contribution in [0.4, 0.5) is 5.69 Å². The van der Waals surface area contributed by atoms with E-state index < -0.39 is 10.0 Å². The Balaban J connectivity index is 1.66. The third-order valence-electron chi connectivity index (χ3n) is 5.43. The fourth-order valence-corrected chi connectivity index (χ4v) is 5.45. The molecule has 1 N–H and O–H groups in total. The lowest BCUT2D eigenvalue weighted by Gasteiger charge is -2.31. The maximum Gasteiger partial charge on any atom is 0.243 e. The zero-order valence-corrected chi connectivity index (χ0v) is 17.6. The Morgan fingerprint density at radius 3 is 2.43 bits per heavy atom. The van der Waals surface area contributed by atoms with Gasteiger partial charge in [0, 0.05) is 24.7 Å². The van der Waals surface area contributed by atoms with Crippen LogP contribution in [0.2, 0.25) is 0 Å². The summed E-state index contributed by atoms with van der Waals surface area (Å²) in [6, 6.07) is 13.2. The molecule has 1 aliphatic rings. The number of aryl methyl sites for hydroxylation is 3. The average molecular weight is 401 g/mol. The Labute approximate surface area is 167 Å². The van der Waals surface area contributed by atoms with E-state index in [0.29, 0.717) is 30.8 Å². The molecule has 1 fully saturated rings. The van der Waals surface area contributed by atoms with E-state index in [0.717, 1.165) is 28.8 Å². The van der Waals surface area contributed by atoms with Crippen molar-refractivity contribution in [1.29, 1.82) is 0 Å². The summed E-state index contributed by atoms with van der Waals surface area (Å²) in [4.78, 5) is 13.0. The van der Waals surface area contributed by atoms with Gasteiger partial charge in [-0.2, -0.15) is 4.31 Å². The average Bonchev–Trinajstić information content (AvgIpc) is 2.68. The van der Waals surface area contributed by atoms with Crippen LogP contribution < -0.4 is 5.32 Å². The number of carbonyl (C=O) groups excluding carboxylic acids is 1. The number of amides is 1. The van der Waals surface area contributed by atoms with Crippen LogP contribution in [0.1, 0.15) is 36.5 Å². The predicted molar refractivity (Wildman–Crippen MR) is 112 cm³/mol. The van der Waals surface area contributed by atoms with Crippen molar-refractivity contribution in [1.82, 2.24) is 4.31 Å². The number of para-hydroxylation sites is 1. The van der Waals surface area contributed by atoms with Crippen LogP contribution in [0.5, 0.6) is 0 Å². The van der Waals surface area contributed by atoms with Crippen LogP contribution in [-0.4, -0.2) is 31.7 Å². The number of nitrogens with zero attached hydrogens (tertiary/aromatic N) is 1. The number of sulfonamides is 1. The van der Waals surface area contributed by atoms with E-state index in [9.17, 15) is 13.2 Å². The van der Waals surface area contributed by atoms with Gasteiger partial charge in [-0.1, -0.05) is 42.8 Å². The molecule has 0 aromatic heterocycles. The molecule has 2 aromatic rings. The largest absolute Gasteiger partial charge is 0.326 e. The Bertz CT molecular complexity index is 961. The summed E-state index contributed by atoms with van der Waals surface area (Å²) in [5.41, 5.74) is 3.75. The minimum absolute atomic E-state index is 0.0236. The number of anilines is 1. The monoisotopic (exact) mass is 400 g/mol. The minimum atomic E-state index is -3.53. The zero-order chi connectivity index (χ0) is 20.3. The lowest BCUT2D eigenvalue weighted by atomic mass is 9.97. The molecule has 150 valence electrons. The Morgan fingerprint density at radius 1 is 1.11 bits per heavy atom. The van der Waals surface area contributed by atoms with Gasteiger partial charge in [-0.15, -0.1) is 0 Å². The van der Waals surface area contributed by atoms with E-state index in [2.05, 4.69) is 12.2 Å². The number of hydrogen-bond donors (Lipinski definition) is 1. The molecule has 0 atom stereocenters. The summed E-state index contributed by atoms with van der Waals surface area (Å²) in [6.45, 7) is 6.56. The van der Waals surface area contributed by atoms with Crippen molar-refractivity contribution >= 4 is 21.6 Å². The first-order valence-corrected chi connectivity index (χ1v) is 11.2.